The third-order valence-corrected chi connectivity index (χ3v) is 4.79. The molecule has 0 radical (unpaired) electrons. The van der Waals surface area contributed by atoms with Gasteiger partial charge in [-0.3, -0.25) is 4.98 Å². The zero-order valence-corrected chi connectivity index (χ0v) is 13.0. The van der Waals surface area contributed by atoms with Gasteiger partial charge >= 0.3 is 0 Å². The lowest BCUT2D eigenvalue weighted by atomic mass is 9.98. The number of quaternary nitrogens is 1. The number of aromatic nitrogens is 2. The quantitative estimate of drug-likeness (QED) is 0.771. The Bertz CT molecular complexity index is 813. The minimum atomic E-state index is 0.116. The van der Waals surface area contributed by atoms with E-state index in [2.05, 4.69) is 28.2 Å². The monoisotopic (exact) mass is 307 g/mol. The number of pyridine rings is 2. The molecule has 0 amide bonds. The molecule has 0 spiro atoms. The van der Waals surface area contributed by atoms with Gasteiger partial charge in [-0.25, -0.2) is 4.98 Å². The molecular weight excluding hydrogens is 286 g/mol. The van der Waals surface area contributed by atoms with E-state index in [0.717, 1.165) is 29.7 Å². The Hall–Kier alpha value is -2.46. The minimum absolute atomic E-state index is 0.116. The molecule has 0 bridgehead atoms. The van der Waals surface area contributed by atoms with Gasteiger partial charge in [-0.05, 0) is 18.2 Å². The Balaban J connectivity index is 1.88. The normalized spacial score (nSPS) is 16.7. The molecule has 23 heavy (non-hydrogen) atoms. The van der Waals surface area contributed by atoms with Crippen LogP contribution in [0.2, 0.25) is 0 Å². The lowest BCUT2D eigenvalue weighted by molar-refractivity contribution is -0.918. The van der Waals surface area contributed by atoms with E-state index < -0.39 is 0 Å². The van der Waals surface area contributed by atoms with E-state index in [1.165, 1.54) is 17.7 Å². The number of fused-ring (bicyclic) bond motifs is 1. The van der Waals surface area contributed by atoms with Crippen molar-refractivity contribution in [1.29, 1.82) is 0 Å². The Morgan fingerprint density at radius 2 is 1.91 bits per heavy atom. The Kier molecular flexibility index (Phi) is 3.67. The van der Waals surface area contributed by atoms with Crippen molar-refractivity contribution in [3.8, 4) is 5.75 Å². The molecule has 1 unspecified atom stereocenters. The molecule has 1 aromatic carbocycles. The van der Waals surface area contributed by atoms with Crippen molar-refractivity contribution in [2.45, 2.75) is 18.9 Å². The van der Waals surface area contributed by atoms with Crippen LogP contribution in [0.3, 0.4) is 0 Å². The largest absolute Gasteiger partial charge is 0.505 e. The second kappa shape index (κ2) is 5.97. The molecule has 1 aliphatic rings. The number of phenolic OH excluding ortho intramolecular Hbond substituents is 1. The first kappa shape index (κ1) is 14.2. The van der Waals surface area contributed by atoms with E-state index in [1.54, 1.807) is 6.20 Å². The first-order valence-corrected chi connectivity index (χ1v) is 8.22. The number of hydrogen-bond donors (Lipinski definition) is 2. The van der Waals surface area contributed by atoms with E-state index in [-0.39, 0.29) is 6.04 Å². The molecule has 1 atom stereocenters. The standard InChI is InChI=1S/C19H19N3O/c23-19-15(9-8-14-6-5-11-21-17(14)19)18(22-12-3-4-13-22)16-7-1-2-10-20-16/h1-2,5-11,18,23H,3-4,12-13H2/p+2. The predicted molar refractivity (Wildman–Crippen MR) is 88.2 cm³/mol. The summed E-state index contributed by atoms with van der Waals surface area (Å²) in [6.07, 6.45) is 6.17. The molecule has 1 aliphatic heterocycles. The fraction of sp³-hybridized carbons (Fsp3) is 0.263. The van der Waals surface area contributed by atoms with Crippen LogP contribution in [-0.4, -0.2) is 23.2 Å². The van der Waals surface area contributed by atoms with Gasteiger partial charge in [0.1, 0.15) is 5.52 Å². The van der Waals surface area contributed by atoms with Crippen molar-refractivity contribution in [1.82, 2.24) is 4.98 Å². The molecular formula is C19H21N3O+2. The van der Waals surface area contributed by atoms with Crippen molar-refractivity contribution >= 4 is 10.9 Å². The van der Waals surface area contributed by atoms with E-state index in [9.17, 15) is 5.11 Å². The lowest BCUT2D eigenvalue weighted by Crippen LogP contribution is -3.10. The SMILES string of the molecule is Oc1c(C(c2cccc[nH+]2)[NH+]2CCCC2)ccc2cccnc12. The number of phenols is 1. The average molecular weight is 307 g/mol. The summed E-state index contributed by atoms with van der Waals surface area (Å²) in [7, 11) is 0. The van der Waals surface area contributed by atoms with Crippen LogP contribution in [0.15, 0.2) is 54.9 Å². The highest BCUT2D eigenvalue weighted by atomic mass is 16.3. The van der Waals surface area contributed by atoms with Crippen LogP contribution in [0.5, 0.6) is 5.75 Å². The minimum Gasteiger partial charge on any atom is -0.505 e. The third-order valence-electron chi connectivity index (χ3n) is 4.79. The van der Waals surface area contributed by atoms with Gasteiger partial charge in [-0.2, -0.15) is 0 Å². The van der Waals surface area contributed by atoms with Gasteiger partial charge in [0.25, 0.3) is 0 Å². The summed E-state index contributed by atoms with van der Waals surface area (Å²) in [6.45, 7) is 2.26. The predicted octanol–water partition coefficient (Wildman–Crippen LogP) is 1.52. The molecule has 0 saturated carbocycles. The van der Waals surface area contributed by atoms with Crippen LogP contribution in [0.25, 0.3) is 10.9 Å². The van der Waals surface area contributed by atoms with Crippen LogP contribution in [0.4, 0.5) is 0 Å². The van der Waals surface area contributed by atoms with E-state index in [1.807, 2.05) is 30.5 Å². The van der Waals surface area contributed by atoms with Crippen LogP contribution in [0, 0.1) is 0 Å². The van der Waals surface area contributed by atoms with Gasteiger partial charge in [0.15, 0.2) is 11.9 Å². The molecule has 116 valence electrons. The summed E-state index contributed by atoms with van der Waals surface area (Å²) in [5.41, 5.74) is 2.77. The molecule has 3 aromatic rings. The highest BCUT2D eigenvalue weighted by Gasteiger charge is 2.35. The molecule has 4 rings (SSSR count). The fourth-order valence-corrected chi connectivity index (χ4v) is 3.69. The number of likely N-dealkylation sites (tertiary alicyclic amines) is 1. The van der Waals surface area contributed by atoms with Crippen molar-refractivity contribution in [2.75, 3.05) is 13.1 Å². The van der Waals surface area contributed by atoms with Crippen LogP contribution >= 0.6 is 0 Å². The van der Waals surface area contributed by atoms with Crippen molar-refractivity contribution in [3.63, 3.8) is 0 Å². The fourth-order valence-electron chi connectivity index (χ4n) is 3.69. The van der Waals surface area contributed by atoms with Gasteiger partial charge in [-0.15, -0.1) is 0 Å². The van der Waals surface area contributed by atoms with Gasteiger partial charge in [0.05, 0.1) is 18.7 Å². The van der Waals surface area contributed by atoms with Crippen molar-refractivity contribution < 1.29 is 15.0 Å². The van der Waals surface area contributed by atoms with Gasteiger partial charge in [0.2, 0.25) is 11.7 Å². The maximum Gasteiger partial charge on any atom is 0.243 e. The molecule has 2 aromatic heterocycles. The number of nitrogens with zero attached hydrogens (tertiary/aromatic N) is 1. The lowest BCUT2D eigenvalue weighted by Gasteiger charge is -2.22. The maximum atomic E-state index is 10.9. The summed E-state index contributed by atoms with van der Waals surface area (Å²) in [5, 5.41) is 11.8. The molecule has 4 nitrogen and oxygen atoms in total. The maximum absolute atomic E-state index is 10.9. The average Bonchev–Trinajstić information content (AvgIpc) is 3.13. The smallest absolute Gasteiger partial charge is 0.243 e. The van der Waals surface area contributed by atoms with Gasteiger partial charge < -0.3 is 10.0 Å². The van der Waals surface area contributed by atoms with Crippen LogP contribution in [0.1, 0.15) is 30.1 Å². The number of hydrogen-bond acceptors (Lipinski definition) is 2. The molecule has 4 heteroatoms. The van der Waals surface area contributed by atoms with Gasteiger partial charge in [0, 0.05) is 36.6 Å². The van der Waals surface area contributed by atoms with Crippen LogP contribution < -0.4 is 9.88 Å². The Labute approximate surface area is 135 Å². The molecule has 1 saturated heterocycles. The van der Waals surface area contributed by atoms with E-state index in [4.69, 9.17) is 0 Å². The van der Waals surface area contributed by atoms with E-state index in [0.29, 0.717) is 11.3 Å². The van der Waals surface area contributed by atoms with Crippen molar-refractivity contribution in [3.05, 3.63) is 66.1 Å². The van der Waals surface area contributed by atoms with Crippen molar-refractivity contribution in [2.24, 2.45) is 0 Å². The third kappa shape index (κ3) is 2.55. The first-order chi connectivity index (χ1) is 11.3. The molecule has 1 fully saturated rings. The van der Waals surface area contributed by atoms with E-state index >= 15 is 0 Å². The molecule has 3 N–H and O–H groups in total. The number of aromatic amines is 1. The highest BCUT2D eigenvalue weighted by Crippen LogP contribution is 2.32. The molecule has 0 aliphatic carbocycles. The number of benzene rings is 1. The highest BCUT2D eigenvalue weighted by molar-refractivity contribution is 5.85. The number of nitrogens with one attached hydrogen (secondary N) is 2. The summed E-state index contributed by atoms with van der Waals surface area (Å²) >= 11 is 0. The number of aromatic hydroxyl groups is 1. The number of H-pyrrole nitrogens is 1. The van der Waals surface area contributed by atoms with Gasteiger partial charge in [-0.1, -0.05) is 12.1 Å². The second-order valence-corrected chi connectivity index (χ2v) is 6.19. The topological polar surface area (TPSA) is 51.7 Å². The molecule has 3 heterocycles. The number of rotatable bonds is 3. The zero-order chi connectivity index (χ0) is 15.6. The summed E-state index contributed by atoms with van der Waals surface area (Å²) in [4.78, 5) is 9.24. The summed E-state index contributed by atoms with van der Waals surface area (Å²) in [5.74, 6) is 0.310. The van der Waals surface area contributed by atoms with Crippen LogP contribution in [-0.2, 0) is 0 Å². The summed E-state index contributed by atoms with van der Waals surface area (Å²) < 4.78 is 0. The second-order valence-electron chi connectivity index (χ2n) is 6.19. The summed E-state index contributed by atoms with van der Waals surface area (Å²) in [6, 6.07) is 14.3. The Morgan fingerprint density at radius 3 is 2.70 bits per heavy atom. The first-order valence-electron chi connectivity index (χ1n) is 8.22. The zero-order valence-electron chi connectivity index (χ0n) is 13.0. The Morgan fingerprint density at radius 1 is 1.04 bits per heavy atom.